The number of fused-ring (bicyclic) bond motifs is 1. The zero-order valence-corrected chi connectivity index (χ0v) is 10.3. The summed E-state index contributed by atoms with van der Waals surface area (Å²) in [6.07, 6.45) is 2.56. The van der Waals surface area contributed by atoms with Gasteiger partial charge in [0.15, 0.2) is 0 Å². The highest BCUT2D eigenvalue weighted by atomic mass is 35.5. The molecule has 0 aliphatic carbocycles. The Morgan fingerprint density at radius 1 is 1.25 bits per heavy atom. The molecule has 2 unspecified atom stereocenters. The molecule has 16 heavy (non-hydrogen) atoms. The molecular formula is C13H15ClN2. The molecule has 0 saturated carbocycles. The number of hydrogen-bond acceptors (Lipinski definition) is 2. The first-order chi connectivity index (χ1) is 7.74. The van der Waals surface area contributed by atoms with Gasteiger partial charge >= 0.3 is 0 Å². The lowest BCUT2D eigenvalue weighted by molar-refractivity contribution is 0.661. The maximum Gasteiger partial charge on any atom is 0.116 e. The van der Waals surface area contributed by atoms with E-state index in [1.54, 1.807) is 6.33 Å². The maximum absolute atomic E-state index is 6.29. The molecule has 1 aromatic heterocycles. The zero-order chi connectivity index (χ0) is 11.5. The molecule has 2 nitrogen and oxygen atoms in total. The monoisotopic (exact) mass is 234 g/mol. The van der Waals surface area contributed by atoms with Gasteiger partial charge in [0.1, 0.15) is 6.33 Å². The number of nitrogens with zero attached hydrogens (tertiary/aromatic N) is 2. The van der Waals surface area contributed by atoms with Crippen LogP contribution in [0.4, 0.5) is 0 Å². The topological polar surface area (TPSA) is 25.8 Å². The summed E-state index contributed by atoms with van der Waals surface area (Å²) in [5, 5.41) is 1.23. The summed E-state index contributed by atoms with van der Waals surface area (Å²) >= 11 is 6.29. The van der Waals surface area contributed by atoms with Crippen molar-refractivity contribution in [1.29, 1.82) is 0 Å². The van der Waals surface area contributed by atoms with E-state index >= 15 is 0 Å². The third-order valence-corrected chi connectivity index (χ3v) is 3.62. The first-order valence-corrected chi connectivity index (χ1v) is 6.01. The van der Waals surface area contributed by atoms with Gasteiger partial charge in [-0.25, -0.2) is 9.97 Å². The second kappa shape index (κ2) is 4.79. The molecule has 0 aliphatic rings. The molecule has 3 heteroatoms. The van der Waals surface area contributed by atoms with Crippen molar-refractivity contribution in [3.05, 3.63) is 36.3 Å². The van der Waals surface area contributed by atoms with Crippen LogP contribution in [0.2, 0.25) is 0 Å². The third kappa shape index (κ3) is 2.03. The van der Waals surface area contributed by atoms with Crippen molar-refractivity contribution in [2.24, 2.45) is 0 Å². The standard InChI is InChI=1S/C13H15ClN2/c1-3-11(14)9(2)13-10-6-4-5-7-12(10)15-8-16-13/h4-9,11H,3H2,1-2H3. The number of benzene rings is 1. The quantitative estimate of drug-likeness (QED) is 0.756. The van der Waals surface area contributed by atoms with Gasteiger partial charge in [-0.15, -0.1) is 11.6 Å². The molecule has 0 fully saturated rings. The molecule has 0 aliphatic heterocycles. The number of halogens is 1. The Bertz CT molecular complexity index is 479. The number of rotatable bonds is 3. The minimum absolute atomic E-state index is 0.123. The van der Waals surface area contributed by atoms with E-state index in [1.165, 1.54) is 0 Å². The molecule has 84 valence electrons. The summed E-state index contributed by atoms with van der Waals surface area (Å²) in [7, 11) is 0. The minimum Gasteiger partial charge on any atom is -0.240 e. The van der Waals surface area contributed by atoms with Gasteiger partial charge in [-0.2, -0.15) is 0 Å². The average molecular weight is 235 g/mol. The zero-order valence-electron chi connectivity index (χ0n) is 9.52. The molecule has 2 atom stereocenters. The molecule has 2 aromatic rings. The Hall–Kier alpha value is -1.15. The number of hydrogen-bond donors (Lipinski definition) is 0. The Kier molecular flexibility index (Phi) is 3.39. The molecule has 0 bridgehead atoms. The summed E-state index contributed by atoms with van der Waals surface area (Å²) in [5.41, 5.74) is 2.03. The lowest BCUT2D eigenvalue weighted by Crippen LogP contribution is -2.10. The first-order valence-electron chi connectivity index (χ1n) is 5.57. The lowest BCUT2D eigenvalue weighted by Gasteiger charge is -2.17. The molecule has 0 saturated heterocycles. The van der Waals surface area contributed by atoms with Crippen LogP contribution in [0.15, 0.2) is 30.6 Å². The molecule has 0 radical (unpaired) electrons. The summed E-state index contributed by atoms with van der Waals surface area (Å²) in [4.78, 5) is 8.64. The second-order valence-corrected chi connectivity index (χ2v) is 4.55. The van der Waals surface area contributed by atoms with Gasteiger partial charge in [-0.3, -0.25) is 0 Å². The van der Waals surface area contributed by atoms with Crippen LogP contribution in [0.1, 0.15) is 31.9 Å². The SMILES string of the molecule is CCC(Cl)C(C)c1ncnc2ccccc12. The first kappa shape index (κ1) is 11.3. The van der Waals surface area contributed by atoms with Crippen LogP contribution < -0.4 is 0 Å². The molecule has 0 spiro atoms. The van der Waals surface area contributed by atoms with Crippen molar-refractivity contribution >= 4 is 22.5 Å². The van der Waals surface area contributed by atoms with Gasteiger partial charge in [-0.1, -0.05) is 32.0 Å². The Morgan fingerprint density at radius 2 is 2.00 bits per heavy atom. The van der Waals surface area contributed by atoms with Crippen LogP contribution in [-0.2, 0) is 0 Å². The van der Waals surface area contributed by atoms with E-state index in [4.69, 9.17) is 11.6 Å². The van der Waals surface area contributed by atoms with E-state index < -0.39 is 0 Å². The van der Waals surface area contributed by atoms with Crippen LogP contribution in [-0.4, -0.2) is 15.3 Å². The van der Waals surface area contributed by atoms with Crippen molar-refractivity contribution in [3.63, 3.8) is 0 Å². The fourth-order valence-electron chi connectivity index (χ4n) is 1.91. The lowest BCUT2D eigenvalue weighted by atomic mass is 9.98. The van der Waals surface area contributed by atoms with E-state index in [-0.39, 0.29) is 11.3 Å². The van der Waals surface area contributed by atoms with Gasteiger partial charge in [0.2, 0.25) is 0 Å². The van der Waals surface area contributed by atoms with E-state index in [1.807, 2.05) is 18.2 Å². The Morgan fingerprint density at radius 3 is 2.75 bits per heavy atom. The van der Waals surface area contributed by atoms with Crippen LogP contribution in [0, 0.1) is 0 Å². The van der Waals surface area contributed by atoms with Crippen LogP contribution >= 0.6 is 11.6 Å². The van der Waals surface area contributed by atoms with Gasteiger partial charge < -0.3 is 0 Å². The van der Waals surface area contributed by atoms with E-state index in [0.717, 1.165) is 23.0 Å². The van der Waals surface area contributed by atoms with Crippen molar-refractivity contribution in [1.82, 2.24) is 9.97 Å². The molecule has 2 rings (SSSR count). The summed E-state index contributed by atoms with van der Waals surface area (Å²) in [6.45, 7) is 4.22. The van der Waals surface area contributed by atoms with Crippen molar-refractivity contribution in [2.45, 2.75) is 31.6 Å². The Labute approximate surface area is 101 Å². The van der Waals surface area contributed by atoms with E-state index in [9.17, 15) is 0 Å². The highest BCUT2D eigenvalue weighted by molar-refractivity contribution is 6.21. The second-order valence-electron chi connectivity index (χ2n) is 3.99. The molecular weight excluding hydrogens is 220 g/mol. The number of aromatic nitrogens is 2. The van der Waals surface area contributed by atoms with E-state index in [2.05, 4.69) is 29.9 Å². The van der Waals surface area contributed by atoms with Crippen LogP contribution in [0.5, 0.6) is 0 Å². The van der Waals surface area contributed by atoms with Crippen molar-refractivity contribution in [2.75, 3.05) is 0 Å². The van der Waals surface area contributed by atoms with Gasteiger partial charge in [-0.05, 0) is 12.5 Å². The van der Waals surface area contributed by atoms with Crippen LogP contribution in [0.3, 0.4) is 0 Å². The summed E-state index contributed by atoms with van der Waals surface area (Å²) in [6, 6.07) is 8.06. The van der Waals surface area contributed by atoms with Crippen molar-refractivity contribution in [3.8, 4) is 0 Å². The predicted octanol–water partition coefficient (Wildman–Crippen LogP) is 3.75. The fraction of sp³-hybridized carbons (Fsp3) is 0.385. The van der Waals surface area contributed by atoms with Gasteiger partial charge in [0.25, 0.3) is 0 Å². The smallest absolute Gasteiger partial charge is 0.116 e. The summed E-state index contributed by atoms with van der Waals surface area (Å²) in [5.74, 6) is 0.250. The Balaban J connectivity index is 2.52. The van der Waals surface area contributed by atoms with E-state index in [0.29, 0.717) is 0 Å². The van der Waals surface area contributed by atoms with Crippen LogP contribution in [0.25, 0.3) is 10.9 Å². The number of alkyl halides is 1. The van der Waals surface area contributed by atoms with Crippen molar-refractivity contribution < 1.29 is 0 Å². The largest absolute Gasteiger partial charge is 0.240 e. The van der Waals surface area contributed by atoms with Gasteiger partial charge in [0, 0.05) is 16.7 Å². The molecule has 0 N–H and O–H groups in total. The normalized spacial score (nSPS) is 14.9. The average Bonchev–Trinajstić information content (AvgIpc) is 2.36. The third-order valence-electron chi connectivity index (χ3n) is 2.94. The maximum atomic E-state index is 6.29. The van der Waals surface area contributed by atoms with Gasteiger partial charge in [0.05, 0.1) is 11.2 Å². The molecule has 0 amide bonds. The predicted molar refractivity (Wildman–Crippen MR) is 67.9 cm³/mol. The summed E-state index contributed by atoms with van der Waals surface area (Å²) < 4.78 is 0. The highest BCUT2D eigenvalue weighted by Crippen LogP contribution is 2.28. The molecule has 1 heterocycles. The minimum atomic E-state index is 0.123. The number of para-hydroxylation sites is 1. The highest BCUT2D eigenvalue weighted by Gasteiger charge is 2.18. The fourth-order valence-corrected chi connectivity index (χ4v) is 2.03. The molecule has 1 aromatic carbocycles.